The van der Waals surface area contributed by atoms with Crippen molar-refractivity contribution in [3.05, 3.63) is 59.4 Å². The molecular weight excluding hydrogens is 259 g/mol. The van der Waals surface area contributed by atoms with Gasteiger partial charge in [-0.25, -0.2) is 0 Å². The lowest BCUT2D eigenvalue weighted by Gasteiger charge is -2.09. The van der Waals surface area contributed by atoms with Gasteiger partial charge in [-0.1, -0.05) is 0 Å². The number of nitrogens with zero attached hydrogens (tertiary/aromatic N) is 1. The molecule has 6 heteroatoms. The van der Waals surface area contributed by atoms with Crippen LogP contribution in [-0.4, -0.2) is 15.9 Å². The highest BCUT2D eigenvalue weighted by atomic mass is 19.4. The molecule has 2 aromatic rings. The lowest BCUT2D eigenvalue weighted by atomic mass is 10.0. The lowest BCUT2D eigenvalue weighted by Crippen LogP contribution is -2.07. The van der Waals surface area contributed by atoms with Gasteiger partial charge in [0.1, 0.15) is 5.75 Å². The van der Waals surface area contributed by atoms with Crippen LogP contribution in [0, 0.1) is 0 Å². The minimum Gasteiger partial charge on any atom is -0.507 e. The Bertz CT molecular complexity index is 609. The lowest BCUT2D eigenvalue weighted by molar-refractivity contribution is -0.137. The molecule has 0 fully saturated rings. The molecule has 19 heavy (non-hydrogen) atoms. The first-order chi connectivity index (χ1) is 8.89. The van der Waals surface area contributed by atoms with Crippen LogP contribution in [-0.2, 0) is 6.18 Å². The fourth-order valence-corrected chi connectivity index (χ4v) is 1.55. The van der Waals surface area contributed by atoms with Gasteiger partial charge in [0.05, 0.1) is 11.1 Å². The third-order valence-electron chi connectivity index (χ3n) is 2.49. The summed E-state index contributed by atoms with van der Waals surface area (Å²) < 4.78 is 37.3. The molecule has 0 aliphatic rings. The average molecular weight is 267 g/mol. The first-order valence-electron chi connectivity index (χ1n) is 5.24. The van der Waals surface area contributed by atoms with Crippen LogP contribution in [0.5, 0.6) is 5.75 Å². The second-order valence-electron chi connectivity index (χ2n) is 3.80. The number of hydrogen-bond acceptors (Lipinski definition) is 3. The summed E-state index contributed by atoms with van der Waals surface area (Å²) in [5.41, 5.74) is -1.01. The van der Waals surface area contributed by atoms with Crippen molar-refractivity contribution in [2.75, 3.05) is 0 Å². The maximum Gasteiger partial charge on any atom is 0.416 e. The molecule has 0 saturated carbocycles. The van der Waals surface area contributed by atoms with Crippen molar-refractivity contribution in [3.63, 3.8) is 0 Å². The zero-order valence-electron chi connectivity index (χ0n) is 9.48. The summed E-state index contributed by atoms with van der Waals surface area (Å²) in [7, 11) is 0. The van der Waals surface area contributed by atoms with Crippen LogP contribution in [0.15, 0.2) is 42.7 Å². The standard InChI is InChI=1S/C13H8F3NO2/c14-13(15,16)9-3-4-10(11(18)6-9)12(19)8-2-1-5-17-7-8/h1-7,18H. The predicted octanol–water partition coefficient (Wildman–Crippen LogP) is 3.04. The van der Waals surface area contributed by atoms with E-state index in [-0.39, 0.29) is 11.1 Å². The minimum atomic E-state index is -4.56. The van der Waals surface area contributed by atoms with E-state index in [4.69, 9.17) is 0 Å². The Kier molecular flexibility index (Phi) is 3.25. The van der Waals surface area contributed by atoms with E-state index in [1.54, 1.807) is 0 Å². The maximum atomic E-state index is 12.4. The molecule has 0 spiro atoms. The highest BCUT2D eigenvalue weighted by Gasteiger charge is 2.31. The Hall–Kier alpha value is -2.37. The van der Waals surface area contributed by atoms with E-state index in [2.05, 4.69) is 4.98 Å². The Morgan fingerprint density at radius 3 is 2.47 bits per heavy atom. The van der Waals surface area contributed by atoms with Crippen LogP contribution in [0.25, 0.3) is 0 Å². The third-order valence-corrected chi connectivity index (χ3v) is 2.49. The number of phenolic OH excluding ortho intramolecular Hbond substituents is 1. The summed E-state index contributed by atoms with van der Waals surface area (Å²) in [6.07, 6.45) is -1.82. The number of hydrogen-bond donors (Lipinski definition) is 1. The van der Waals surface area contributed by atoms with Crippen molar-refractivity contribution in [1.29, 1.82) is 0 Å². The topological polar surface area (TPSA) is 50.2 Å². The van der Waals surface area contributed by atoms with Crippen molar-refractivity contribution in [3.8, 4) is 5.75 Å². The number of alkyl halides is 3. The van der Waals surface area contributed by atoms with Crippen LogP contribution in [0.1, 0.15) is 21.5 Å². The largest absolute Gasteiger partial charge is 0.507 e. The molecule has 1 N–H and O–H groups in total. The first-order valence-corrected chi connectivity index (χ1v) is 5.24. The molecule has 2 rings (SSSR count). The molecule has 0 aliphatic heterocycles. The predicted molar refractivity (Wildman–Crippen MR) is 60.8 cm³/mol. The molecule has 0 saturated heterocycles. The number of carbonyl (C=O) groups is 1. The van der Waals surface area contributed by atoms with E-state index in [9.17, 15) is 23.1 Å². The second-order valence-corrected chi connectivity index (χ2v) is 3.80. The molecule has 0 radical (unpaired) electrons. The number of rotatable bonds is 2. The van der Waals surface area contributed by atoms with Gasteiger partial charge in [0.25, 0.3) is 0 Å². The number of carbonyl (C=O) groups excluding carboxylic acids is 1. The second kappa shape index (κ2) is 4.72. The van der Waals surface area contributed by atoms with Gasteiger partial charge in [-0.15, -0.1) is 0 Å². The van der Waals surface area contributed by atoms with Crippen LogP contribution in [0.3, 0.4) is 0 Å². The van der Waals surface area contributed by atoms with Gasteiger partial charge in [-0.05, 0) is 30.3 Å². The Balaban J connectivity index is 2.40. The Morgan fingerprint density at radius 2 is 1.95 bits per heavy atom. The van der Waals surface area contributed by atoms with Gasteiger partial charge in [0.2, 0.25) is 0 Å². The van der Waals surface area contributed by atoms with Crippen LogP contribution in [0.4, 0.5) is 13.2 Å². The van der Waals surface area contributed by atoms with Gasteiger partial charge in [0, 0.05) is 18.0 Å². The SMILES string of the molecule is O=C(c1cccnc1)c1ccc(C(F)(F)F)cc1O. The summed E-state index contributed by atoms with van der Waals surface area (Å²) in [6, 6.07) is 5.22. The van der Waals surface area contributed by atoms with E-state index in [0.717, 1.165) is 12.1 Å². The van der Waals surface area contributed by atoms with Crippen LogP contribution in [0.2, 0.25) is 0 Å². The monoisotopic (exact) mass is 267 g/mol. The van der Waals surface area contributed by atoms with Gasteiger partial charge < -0.3 is 5.11 Å². The van der Waals surface area contributed by atoms with Gasteiger partial charge in [-0.3, -0.25) is 9.78 Å². The summed E-state index contributed by atoms with van der Waals surface area (Å²) in [5.74, 6) is -1.29. The highest BCUT2D eigenvalue weighted by Crippen LogP contribution is 2.33. The summed E-state index contributed by atoms with van der Waals surface area (Å²) in [6.45, 7) is 0. The fourth-order valence-electron chi connectivity index (χ4n) is 1.55. The molecule has 3 nitrogen and oxygen atoms in total. The van der Waals surface area contributed by atoms with Gasteiger partial charge >= 0.3 is 6.18 Å². The fraction of sp³-hybridized carbons (Fsp3) is 0.0769. The van der Waals surface area contributed by atoms with Crippen molar-refractivity contribution in [2.45, 2.75) is 6.18 Å². The molecular formula is C13H8F3NO2. The summed E-state index contributed by atoms with van der Waals surface area (Å²) in [4.78, 5) is 15.7. The van der Waals surface area contributed by atoms with E-state index in [1.165, 1.54) is 24.5 Å². The quantitative estimate of drug-likeness (QED) is 0.851. The molecule has 0 atom stereocenters. The summed E-state index contributed by atoms with van der Waals surface area (Å²) >= 11 is 0. The molecule has 0 amide bonds. The molecule has 98 valence electrons. The van der Waals surface area contributed by atoms with Crippen molar-refractivity contribution in [1.82, 2.24) is 4.98 Å². The number of pyridine rings is 1. The zero-order chi connectivity index (χ0) is 14.0. The van der Waals surface area contributed by atoms with Crippen LogP contribution < -0.4 is 0 Å². The van der Waals surface area contributed by atoms with E-state index >= 15 is 0 Å². The number of aromatic nitrogens is 1. The smallest absolute Gasteiger partial charge is 0.416 e. The normalized spacial score (nSPS) is 11.3. The maximum absolute atomic E-state index is 12.4. The van der Waals surface area contributed by atoms with Crippen LogP contribution >= 0.6 is 0 Å². The Morgan fingerprint density at radius 1 is 1.21 bits per heavy atom. The van der Waals surface area contributed by atoms with Gasteiger partial charge in [-0.2, -0.15) is 13.2 Å². The number of halogens is 3. The highest BCUT2D eigenvalue weighted by molar-refractivity contribution is 6.10. The molecule has 1 heterocycles. The van der Waals surface area contributed by atoms with Gasteiger partial charge in [0.15, 0.2) is 5.78 Å². The molecule has 0 bridgehead atoms. The van der Waals surface area contributed by atoms with Crippen molar-refractivity contribution < 1.29 is 23.1 Å². The average Bonchev–Trinajstić information content (AvgIpc) is 2.38. The number of phenols is 1. The van der Waals surface area contributed by atoms with E-state index in [0.29, 0.717) is 6.07 Å². The molecule has 0 unspecified atom stereocenters. The minimum absolute atomic E-state index is 0.192. The number of benzene rings is 1. The van der Waals surface area contributed by atoms with E-state index < -0.39 is 23.3 Å². The first kappa shape index (κ1) is 13.1. The van der Waals surface area contributed by atoms with E-state index in [1.807, 2.05) is 0 Å². The molecule has 1 aromatic carbocycles. The van der Waals surface area contributed by atoms with Crippen molar-refractivity contribution >= 4 is 5.78 Å². The summed E-state index contributed by atoms with van der Waals surface area (Å²) in [5, 5.41) is 9.55. The number of aromatic hydroxyl groups is 1. The Labute approximate surface area is 106 Å². The molecule has 1 aromatic heterocycles. The van der Waals surface area contributed by atoms with Crippen molar-refractivity contribution in [2.24, 2.45) is 0 Å². The number of ketones is 1. The molecule has 0 aliphatic carbocycles. The zero-order valence-corrected chi connectivity index (χ0v) is 9.48. The third kappa shape index (κ3) is 2.73.